The van der Waals surface area contributed by atoms with Crippen molar-refractivity contribution < 1.29 is 31.1 Å². The highest BCUT2D eigenvalue weighted by molar-refractivity contribution is 5.91. The van der Waals surface area contributed by atoms with Gasteiger partial charge in [-0.15, -0.1) is 5.10 Å². The van der Waals surface area contributed by atoms with Crippen LogP contribution in [0.5, 0.6) is 0 Å². The highest BCUT2D eigenvalue weighted by atomic mass is 19.4. The summed E-state index contributed by atoms with van der Waals surface area (Å²) in [5, 5.41) is 9.59. The van der Waals surface area contributed by atoms with Gasteiger partial charge in [-0.2, -0.15) is 26.3 Å². The van der Waals surface area contributed by atoms with Crippen molar-refractivity contribution in [3.63, 3.8) is 0 Å². The lowest BCUT2D eigenvalue weighted by molar-refractivity contribution is -0.143. The number of para-hydroxylation sites is 1. The molecule has 0 aliphatic heterocycles. The zero-order valence-electron chi connectivity index (χ0n) is 13.3. The fraction of sp³-hybridized carbons (Fsp3) is 0.188. The first-order valence-corrected chi connectivity index (χ1v) is 7.41. The summed E-state index contributed by atoms with van der Waals surface area (Å²) in [6.45, 7) is -0.432. The number of hydrogen-bond donors (Lipinski definition) is 1. The number of nitrogens with one attached hydrogen (secondary N) is 1. The molecule has 0 fully saturated rings. The summed E-state index contributed by atoms with van der Waals surface area (Å²) in [5.41, 5.74) is -2.67. The molecule has 1 aromatic heterocycles. The number of halogens is 6. The van der Waals surface area contributed by atoms with E-state index in [4.69, 9.17) is 0 Å². The van der Waals surface area contributed by atoms with Crippen LogP contribution in [0.4, 0.5) is 32.0 Å². The van der Waals surface area contributed by atoms with E-state index in [1.807, 2.05) is 5.32 Å². The van der Waals surface area contributed by atoms with Gasteiger partial charge in [-0.3, -0.25) is 4.79 Å². The highest BCUT2D eigenvalue weighted by Gasteiger charge is 2.37. The number of nitrogens with zero attached hydrogens (tertiary/aromatic N) is 3. The van der Waals surface area contributed by atoms with Crippen LogP contribution in [0, 0.1) is 0 Å². The maximum absolute atomic E-state index is 12.9. The van der Waals surface area contributed by atoms with Crippen molar-refractivity contribution >= 4 is 22.6 Å². The zero-order chi connectivity index (χ0) is 19.8. The fourth-order valence-corrected chi connectivity index (χ4v) is 2.40. The van der Waals surface area contributed by atoms with Gasteiger partial charge in [0.15, 0.2) is 0 Å². The Balaban J connectivity index is 1.86. The van der Waals surface area contributed by atoms with Crippen LogP contribution in [0.15, 0.2) is 42.5 Å². The Hall–Kier alpha value is -3.11. The number of carbonyl (C=O) groups excluding carboxylic acids is 1. The summed E-state index contributed by atoms with van der Waals surface area (Å²) in [5.74, 6) is -0.849. The minimum absolute atomic E-state index is 0.0133. The second-order valence-corrected chi connectivity index (χ2v) is 5.58. The molecule has 3 aromatic rings. The molecule has 0 saturated heterocycles. The molecule has 1 N–H and O–H groups in total. The van der Waals surface area contributed by atoms with Crippen molar-refractivity contribution in [3.8, 4) is 0 Å². The molecule has 0 spiro atoms. The van der Waals surface area contributed by atoms with Crippen molar-refractivity contribution in [2.45, 2.75) is 18.9 Å². The number of amides is 1. The molecule has 0 aliphatic carbocycles. The maximum atomic E-state index is 12.9. The van der Waals surface area contributed by atoms with Crippen LogP contribution in [0.25, 0.3) is 11.0 Å². The van der Waals surface area contributed by atoms with E-state index in [9.17, 15) is 31.1 Å². The van der Waals surface area contributed by atoms with E-state index in [0.29, 0.717) is 23.2 Å². The summed E-state index contributed by atoms with van der Waals surface area (Å²) >= 11 is 0. The van der Waals surface area contributed by atoms with Crippen LogP contribution in [0.3, 0.4) is 0 Å². The minimum atomic E-state index is -5.00. The first-order chi connectivity index (χ1) is 12.5. The highest BCUT2D eigenvalue weighted by Crippen LogP contribution is 2.37. The molecule has 1 heterocycles. The molecule has 1 amide bonds. The van der Waals surface area contributed by atoms with Crippen LogP contribution in [-0.2, 0) is 23.7 Å². The number of alkyl halides is 6. The Bertz CT molecular complexity index is 960. The van der Waals surface area contributed by atoms with E-state index in [2.05, 4.69) is 10.3 Å². The van der Waals surface area contributed by atoms with Gasteiger partial charge in [0, 0.05) is 5.69 Å². The van der Waals surface area contributed by atoms with Crippen molar-refractivity contribution in [1.29, 1.82) is 0 Å². The van der Waals surface area contributed by atoms with Gasteiger partial charge in [0.05, 0.1) is 16.6 Å². The molecule has 3 rings (SSSR count). The lowest BCUT2D eigenvalue weighted by Crippen LogP contribution is -2.20. The lowest BCUT2D eigenvalue weighted by atomic mass is 10.1. The molecule has 0 radical (unpaired) electrons. The molecule has 0 unspecified atom stereocenters. The Kier molecular flexibility index (Phi) is 4.54. The summed E-state index contributed by atoms with van der Waals surface area (Å²) in [6.07, 6.45) is -9.99. The van der Waals surface area contributed by atoms with Gasteiger partial charge in [-0.05, 0) is 30.3 Å². The Morgan fingerprint density at radius 1 is 0.963 bits per heavy atom. The van der Waals surface area contributed by atoms with Crippen molar-refractivity contribution in [3.05, 3.63) is 53.6 Å². The maximum Gasteiger partial charge on any atom is 0.416 e. The van der Waals surface area contributed by atoms with Crippen molar-refractivity contribution in [2.75, 3.05) is 5.32 Å². The summed E-state index contributed by atoms with van der Waals surface area (Å²) in [4.78, 5) is 12.1. The number of carbonyl (C=O) groups is 1. The van der Waals surface area contributed by atoms with E-state index < -0.39 is 41.6 Å². The van der Waals surface area contributed by atoms with Gasteiger partial charge in [0.2, 0.25) is 5.91 Å². The quantitative estimate of drug-likeness (QED) is 0.687. The molecule has 2 aromatic carbocycles. The standard InChI is InChI=1S/C16H10F6N4O/c17-15(18,19)9-5-10(16(20,21)22)7-11(6-9)23-14(27)8-26-13-4-2-1-3-12(13)24-25-26/h1-7H,8H2,(H,23,27). The lowest BCUT2D eigenvalue weighted by Gasteiger charge is -2.14. The van der Waals surface area contributed by atoms with Crippen molar-refractivity contribution in [2.24, 2.45) is 0 Å². The molecule has 0 aliphatic rings. The minimum Gasteiger partial charge on any atom is -0.324 e. The average molecular weight is 388 g/mol. The van der Waals surface area contributed by atoms with E-state index in [1.165, 1.54) is 4.68 Å². The Morgan fingerprint density at radius 2 is 1.56 bits per heavy atom. The van der Waals surface area contributed by atoms with E-state index >= 15 is 0 Å². The van der Waals surface area contributed by atoms with Gasteiger partial charge in [0.25, 0.3) is 0 Å². The number of anilines is 1. The molecule has 5 nitrogen and oxygen atoms in total. The van der Waals surface area contributed by atoms with E-state index in [0.717, 1.165) is 0 Å². The monoisotopic (exact) mass is 388 g/mol. The van der Waals surface area contributed by atoms with Gasteiger partial charge in [-0.25, -0.2) is 4.68 Å². The Labute approximate surface area is 147 Å². The van der Waals surface area contributed by atoms with E-state index in [-0.39, 0.29) is 6.07 Å². The second-order valence-electron chi connectivity index (χ2n) is 5.58. The normalized spacial score (nSPS) is 12.4. The third-order valence-electron chi connectivity index (χ3n) is 3.59. The predicted octanol–water partition coefficient (Wildman–Crippen LogP) is 4.11. The van der Waals surface area contributed by atoms with Crippen molar-refractivity contribution in [1.82, 2.24) is 15.0 Å². The smallest absolute Gasteiger partial charge is 0.324 e. The van der Waals surface area contributed by atoms with Crippen LogP contribution in [-0.4, -0.2) is 20.9 Å². The third-order valence-corrected chi connectivity index (χ3v) is 3.59. The molecule has 27 heavy (non-hydrogen) atoms. The summed E-state index contributed by atoms with van der Waals surface area (Å²) in [6, 6.07) is 7.48. The van der Waals surface area contributed by atoms with Crippen LogP contribution >= 0.6 is 0 Å². The fourth-order valence-electron chi connectivity index (χ4n) is 2.40. The van der Waals surface area contributed by atoms with Crippen LogP contribution < -0.4 is 5.32 Å². The Morgan fingerprint density at radius 3 is 2.15 bits per heavy atom. The van der Waals surface area contributed by atoms with E-state index in [1.54, 1.807) is 24.3 Å². The molecule has 142 valence electrons. The van der Waals surface area contributed by atoms with Crippen LogP contribution in [0.2, 0.25) is 0 Å². The van der Waals surface area contributed by atoms with Crippen LogP contribution in [0.1, 0.15) is 11.1 Å². The average Bonchev–Trinajstić information content (AvgIpc) is 2.96. The number of fused-ring (bicyclic) bond motifs is 1. The molecular formula is C16H10F6N4O. The molecule has 11 heteroatoms. The first kappa shape index (κ1) is 18.7. The molecule has 0 atom stereocenters. The zero-order valence-corrected chi connectivity index (χ0v) is 13.3. The number of aromatic nitrogens is 3. The summed E-state index contributed by atoms with van der Waals surface area (Å²) in [7, 11) is 0. The van der Waals surface area contributed by atoms with Gasteiger partial charge >= 0.3 is 12.4 Å². The summed E-state index contributed by atoms with van der Waals surface area (Å²) < 4.78 is 78.3. The molecule has 0 saturated carbocycles. The molecular weight excluding hydrogens is 378 g/mol. The SMILES string of the molecule is O=C(Cn1nnc2ccccc21)Nc1cc(C(F)(F)F)cc(C(F)(F)F)c1. The van der Waals surface area contributed by atoms with Gasteiger partial charge in [-0.1, -0.05) is 17.3 Å². The van der Waals surface area contributed by atoms with Gasteiger partial charge in [0.1, 0.15) is 12.1 Å². The third kappa shape index (κ3) is 4.18. The number of benzene rings is 2. The topological polar surface area (TPSA) is 59.8 Å². The second kappa shape index (κ2) is 6.56. The number of rotatable bonds is 3. The predicted molar refractivity (Wildman–Crippen MR) is 82.6 cm³/mol. The number of hydrogen-bond acceptors (Lipinski definition) is 3. The first-order valence-electron chi connectivity index (χ1n) is 7.41. The largest absolute Gasteiger partial charge is 0.416 e. The molecule has 0 bridgehead atoms. The van der Waals surface area contributed by atoms with Gasteiger partial charge < -0.3 is 5.32 Å².